The van der Waals surface area contributed by atoms with E-state index in [4.69, 9.17) is 4.18 Å². The Balaban J connectivity index is 1.72. The van der Waals surface area contributed by atoms with Gasteiger partial charge in [0, 0.05) is 53.4 Å². The molecule has 0 fully saturated rings. The summed E-state index contributed by atoms with van der Waals surface area (Å²) in [7, 11) is -4.15. The normalized spacial score (nSPS) is 20.9. The Kier molecular flexibility index (Phi) is 7.10. The minimum absolute atomic E-state index is 0.0118. The van der Waals surface area contributed by atoms with E-state index in [0.29, 0.717) is 42.4 Å². The SMILES string of the molecule is CCCN1C2=C(C(=O)CC(C)(C)C2)C(c2ccccc2OS(=O)(=O)c2ccc(C)cc2)C2=C1CC(C)(C)CC2=O. The number of hydrogen-bond donors (Lipinski definition) is 0. The molecular weight excluding hydrogens is 522 g/mol. The second-order valence-corrected chi connectivity index (χ2v) is 14.6. The number of rotatable bonds is 6. The molecule has 1 aliphatic heterocycles. The molecular formula is C33H39NO5S. The summed E-state index contributed by atoms with van der Waals surface area (Å²) in [6, 6.07) is 13.5. The van der Waals surface area contributed by atoms with Crippen LogP contribution in [0.2, 0.25) is 0 Å². The molecule has 0 radical (unpaired) electrons. The van der Waals surface area contributed by atoms with Crippen molar-refractivity contribution < 1.29 is 22.2 Å². The Bertz CT molecular complexity index is 1490. The summed E-state index contributed by atoms with van der Waals surface area (Å²) in [5.41, 5.74) is 4.20. The van der Waals surface area contributed by atoms with Crippen LogP contribution >= 0.6 is 0 Å². The molecule has 1 heterocycles. The van der Waals surface area contributed by atoms with Crippen LogP contribution in [-0.2, 0) is 19.7 Å². The molecule has 2 aromatic carbocycles. The zero-order valence-corrected chi connectivity index (χ0v) is 25.2. The van der Waals surface area contributed by atoms with E-state index in [2.05, 4.69) is 39.5 Å². The van der Waals surface area contributed by atoms with Gasteiger partial charge in [-0.15, -0.1) is 0 Å². The van der Waals surface area contributed by atoms with Crippen LogP contribution < -0.4 is 4.18 Å². The van der Waals surface area contributed by atoms with E-state index in [1.54, 1.807) is 30.3 Å². The van der Waals surface area contributed by atoms with Gasteiger partial charge in [-0.25, -0.2) is 0 Å². The van der Waals surface area contributed by atoms with E-state index in [9.17, 15) is 18.0 Å². The number of ketones is 2. The lowest BCUT2D eigenvalue weighted by molar-refractivity contribution is -0.119. The van der Waals surface area contributed by atoms with Crippen molar-refractivity contribution >= 4 is 21.7 Å². The fourth-order valence-corrected chi connectivity index (χ4v) is 7.47. The molecule has 212 valence electrons. The van der Waals surface area contributed by atoms with Gasteiger partial charge in [-0.1, -0.05) is 70.5 Å². The Hall–Kier alpha value is -3.19. The number of allylic oxidation sites excluding steroid dienone is 4. The van der Waals surface area contributed by atoms with Crippen LogP contribution in [0.25, 0.3) is 0 Å². The maximum absolute atomic E-state index is 14.0. The Morgan fingerprint density at radius 3 is 1.88 bits per heavy atom. The zero-order chi connectivity index (χ0) is 29.0. The fourth-order valence-electron chi connectivity index (χ4n) is 6.52. The quantitative estimate of drug-likeness (QED) is 0.359. The maximum Gasteiger partial charge on any atom is 0.339 e. The summed E-state index contributed by atoms with van der Waals surface area (Å²) < 4.78 is 32.5. The first-order valence-corrected chi connectivity index (χ1v) is 15.5. The van der Waals surface area contributed by atoms with Crippen molar-refractivity contribution in [2.75, 3.05) is 6.54 Å². The van der Waals surface area contributed by atoms with Crippen LogP contribution in [0.15, 0.2) is 76.0 Å². The topological polar surface area (TPSA) is 80.8 Å². The maximum atomic E-state index is 14.0. The number of hydrogen-bond acceptors (Lipinski definition) is 6. The lowest BCUT2D eigenvalue weighted by Crippen LogP contribution is -2.44. The van der Waals surface area contributed by atoms with Crippen LogP contribution in [0.4, 0.5) is 0 Å². The molecule has 40 heavy (non-hydrogen) atoms. The summed E-state index contributed by atoms with van der Waals surface area (Å²) in [5.74, 6) is -0.504. The number of aryl methyl sites for hydroxylation is 1. The van der Waals surface area contributed by atoms with E-state index in [0.717, 1.165) is 29.9 Å². The number of nitrogens with zero attached hydrogens (tertiary/aromatic N) is 1. The van der Waals surface area contributed by atoms with Gasteiger partial charge in [0.1, 0.15) is 10.6 Å². The first-order chi connectivity index (χ1) is 18.7. The number of carbonyl (C=O) groups is 2. The second kappa shape index (κ2) is 10.0. The molecule has 2 aliphatic carbocycles. The van der Waals surface area contributed by atoms with Gasteiger partial charge in [-0.05, 0) is 55.2 Å². The third-order valence-corrected chi connectivity index (χ3v) is 9.46. The third kappa shape index (κ3) is 5.16. The van der Waals surface area contributed by atoms with Gasteiger partial charge < -0.3 is 9.08 Å². The van der Waals surface area contributed by atoms with Crippen molar-refractivity contribution in [3.05, 3.63) is 82.2 Å². The lowest BCUT2D eigenvalue weighted by atomic mass is 9.63. The van der Waals surface area contributed by atoms with Crippen LogP contribution in [0.3, 0.4) is 0 Å². The molecule has 0 saturated carbocycles. The standard InChI is InChI=1S/C33H39NO5S/c1-7-16-34-24-17-32(3,4)19-26(35)30(24)29(31-25(34)18-33(5,6)20-27(31)36)23-10-8-9-11-28(23)39-40(37,38)22-14-12-21(2)13-15-22/h8-15,29H,7,16-20H2,1-6H3. The smallest absolute Gasteiger partial charge is 0.339 e. The van der Waals surface area contributed by atoms with E-state index in [-0.39, 0.29) is 33.0 Å². The van der Waals surface area contributed by atoms with E-state index >= 15 is 0 Å². The van der Waals surface area contributed by atoms with Crippen LogP contribution in [0, 0.1) is 17.8 Å². The molecule has 0 aromatic heterocycles. The van der Waals surface area contributed by atoms with Gasteiger partial charge >= 0.3 is 10.1 Å². The van der Waals surface area contributed by atoms with Crippen LogP contribution in [0.1, 0.15) is 83.8 Å². The van der Waals surface area contributed by atoms with Gasteiger partial charge in [0.2, 0.25) is 0 Å². The average molecular weight is 562 g/mol. The minimum atomic E-state index is -4.15. The Morgan fingerprint density at radius 1 is 0.825 bits per heavy atom. The monoisotopic (exact) mass is 561 g/mol. The highest BCUT2D eigenvalue weighted by Crippen LogP contribution is 2.55. The first-order valence-electron chi connectivity index (χ1n) is 14.1. The molecule has 5 rings (SSSR count). The van der Waals surface area contributed by atoms with Crippen molar-refractivity contribution in [2.24, 2.45) is 10.8 Å². The second-order valence-electron chi connectivity index (χ2n) is 13.1. The predicted octanol–water partition coefficient (Wildman–Crippen LogP) is 6.86. The number of benzene rings is 2. The van der Waals surface area contributed by atoms with E-state index < -0.39 is 16.0 Å². The average Bonchev–Trinajstić information content (AvgIpc) is 2.84. The summed E-state index contributed by atoms with van der Waals surface area (Å²) in [6.07, 6.45) is 3.03. The number of para-hydroxylation sites is 1. The molecule has 0 atom stereocenters. The van der Waals surface area contributed by atoms with Gasteiger partial charge in [-0.2, -0.15) is 8.42 Å². The van der Waals surface area contributed by atoms with Crippen molar-refractivity contribution in [3.63, 3.8) is 0 Å². The van der Waals surface area contributed by atoms with Gasteiger partial charge in [0.15, 0.2) is 11.6 Å². The number of carbonyl (C=O) groups excluding carboxylic acids is 2. The molecule has 0 amide bonds. The van der Waals surface area contributed by atoms with Gasteiger partial charge in [0.05, 0.1) is 0 Å². The molecule has 0 saturated heterocycles. The summed E-state index contributed by atoms with van der Waals surface area (Å²) >= 11 is 0. The van der Waals surface area contributed by atoms with Crippen molar-refractivity contribution in [2.45, 2.75) is 84.5 Å². The molecule has 2 aromatic rings. The summed E-state index contributed by atoms with van der Waals surface area (Å²) in [4.78, 5) is 30.2. The van der Waals surface area contributed by atoms with Crippen molar-refractivity contribution in [1.29, 1.82) is 0 Å². The molecule has 3 aliphatic rings. The summed E-state index contributed by atoms with van der Waals surface area (Å²) in [5, 5.41) is 0. The summed E-state index contributed by atoms with van der Waals surface area (Å²) in [6.45, 7) is 13.2. The first kappa shape index (κ1) is 28.3. The van der Waals surface area contributed by atoms with Crippen molar-refractivity contribution in [3.8, 4) is 5.75 Å². The predicted molar refractivity (Wildman–Crippen MR) is 155 cm³/mol. The minimum Gasteiger partial charge on any atom is -0.379 e. The highest BCUT2D eigenvalue weighted by molar-refractivity contribution is 7.87. The Morgan fingerprint density at radius 2 is 1.35 bits per heavy atom. The highest BCUT2D eigenvalue weighted by atomic mass is 32.2. The third-order valence-electron chi connectivity index (χ3n) is 8.21. The van der Waals surface area contributed by atoms with Crippen LogP contribution in [-0.4, -0.2) is 31.4 Å². The number of Topliss-reactive ketones (excluding diaryl/α,β-unsaturated/α-hetero) is 2. The highest BCUT2D eigenvalue weighted by Gasteiger charge is 2.49. The molecule has 0 N–H and O–H groups in total. The van der Waals surface area contributed by atoms with Gasteiger partial charge in [-0.3, -0.25) is 9.59 Å². The fraction of sp³-hybridized carbons (Fsp3) is 0.455. The largest absolute Gasteiger partial charge is 0.379 e. The van der Waals surface area contributed by atoms with E-state index in [1.807, 2.05) is 13.0 Å². The molecule has 7 heteroatoms. The van der Waals surface area contributed by atoms with Gasteiger partial charge in [0.25, 0.3) is 0 Å². The molecule has 0 bridgehead atoms. The zero-order valence-electron chi connectivity index (χ0n) is 24.3. The molecule has 6 nitrogen and oxygen atoms in total. The van der Waals surface area contributed by atoms with E-state index in [1.165, 1.54) is 12.1 Å². The Labute approximate surface area is 238 Å². The van der Waals surface area contributed by atoms with Crippen LogP contribution in [0.5, 0.6) is 5.75 Å². The molecule has 0 spiro atoms. The van der Waals surface area contributed by atoms with Crippen molar-refractivity contribution in [1.82, 2.24) is 4.90 Å². The molecule has 0 unspecified atom stereocenters. The lowest BCUT2D eigenvalue weighted by Gasteiger charge is -2.49.